The minimum absolute atomic E-state index is 0.0924. The number of likely N-dealkylation sites (tertiary alicyclic amines) is 1. The van der Waals surface area contributed by atoms with Crippen molar-refractivity contribution < 1.29 is 23.9 Å². The molecule has 0 spiro atoms. The average Bonchev–Trinajstić information content (AvgIpc) is 3.47. The van der Waals surface area contributed by atoms with E-state index in [0.717, 1.165) is 44.7 Å². The molecule has 6 rings (SSSR count). The van der Waals surface area contributed by atoms with E-state index in [0.29, 0.717) is 23.7 Å². The number of nitrogens with zero attached hydrogens (tertiary/aromatic N) is 5. The number of hydrogen-bond acceptors (Lipinski definition) is 8. The van der Waals surface area contributed by atoms with Crippen LogP contribution in [0.15, 0.2) is 24.4 Å². The van der Waals surface area contributed by atoms with Crippen LogP contribution in [0.5, 0.6) is 0 Å². The molecule has 188 valence electrons. The molecule has 3 fully saturated rings. The number of ether oxygens (including phenoxy) is 1. The first-order chi connectivity index (χ1) is 17.5. The summed E-state index contributed by atoms with van der Waals surface area (Å²) in [6, 6.07) is 5.20. The second kappa shape index (κ2) is 9.10. The number of benzene rings is 1. The van der Waals surface area contributed by atoms with Gasteiger partial charge in [0.15, 0.2) is 5.69 Å². The lowest BCUT2D eigenvalue weighted by atomic mass is 10.00. The van der Waals surface area contributed by atoms with Crippen LogP contribution in [-0.2, 0) is 20.9 Å². The number of fused-ring (bicyclic) bond motifs is 1. The summed E-state index contributed by atoms with van der Waals surface area (Å²) in [4.78, 5) is 53.2. The maximum Gasteiger partial charge on any atom is 0.273 e. The van der Waals surface area contributed by atoms with Gasteiger partial charge in [0.1, 0.15) is 6.04 Å². The summed E-state index contributed by atoms with van der Waals surface area (Å²) in [5, 5.41) is 13.5. The van der Waals surface area contributed by atoms with E-state index in [9.17, 15) is 19.2 Å². The molecule has 1 aromatic carbocycles. The van der Waals surface area contributed by atoms with Crippen LogP contribution < -0.4 is 10.6 Å². The Balaban J connectivity index is 1.09. The van der Waals surface area contributed by atoms with Crippen LogP contribution in [0.1, 0.15) is 52.1 Å². The fourth-order valence-corrected chi connectivity index (χ4v) is 5.41. The summed E-state index contributed by atoms with van der Waals surface area (Å²) in [6.07, 6.45) is 4.16. The number of aromatic nitrogens is 3. The van der Waals surface area contributed by atoms with Crippen molar-refractivity contribution in [3.8, 4) is 5.69 Å². The van der Waals surface area contributed by atoms with Gasteiger partial charge in [-0.1, -0.05) is 5.21 Å². The molecule has 1 atom stereocenters. The third-order valence-corrected chi connectivity index (χ3v) is 7.45. The van der Waals surface area contributed by atoms with Gasteiger partial charge in [-0.2, -0.15) is 0 Å². The Labute approximate surface area is 206 Å². The molecule has 3 saturated heterocycles. The molecule has 4 aliphatic rings. The third kappa shape index (κ3) is 4.16. The van der Waals surface area contributed by atoms with E-state index < -0.39 is 11.9 Å². The molecular weight excluding hydrogens is 466 g/mol. The van der Waals surface area contributed by atoms with Gasteiger partial charge >= 0.3 is 0 Å². The molecule has 0 bridgehead atoms. The van der Waals surface area contributed by atoms with Gasteiger partial charge in [-0.25, -0.2) is 4.68 Å². The van der Waals surface area contributed by atoms with Gasteiger partial charge in [-0.05, 0) is 43.0 Å². The Morgan fingerprint density at radius 2 is 1.92 bits per heavy atom. The SMILES string of the molecule is O=C1CCC(N2Cc3cc(-n4cc(C(=O)NC5CN(C6CCOCC6)C5)nn4)ccc3C2=O)C(=O)N1. The minimum atomic E-state index is -0.665. The van der Waals surface area contributed by atoms with Crippen molar-refractivity contribution in [1.29, 1.82) is 0 Å². The first kappa shape index (κ1) is 22.8. The lowest BCUT2D eigenvalue weighted by Crippen LogP contribution is -2.62. The van der Waals surface area contributed by atoms with Crippen LogP contribution >= 0.6 is 0 Å². The smallest absolute Gasteiger partial charge is 0.273 e. The van der Waals surface area contributed by atoms with Crippen LogP contribution in [0.2, 0.25) is 0 Å². The molecule has 0 aliphatic carbocycles. The molecule has 1 unspecified atom stereocenters. The summed E-state index contributed by atoms with van der Waals surface area (Å²) < 4.78 is 6.92. The Morgan fingerprint density at radius 3 is 2.69 bits per heavy atom. The molecule has 12 heteroatoms. The fourth-order valence-electron chi connectivity index (χ4n) is 5.41. The molecule has 12 nitrogen and oxygen atoms in total. The van der Waals surface area contributed by atoms with E-state index in [-0.39, 0.29) is 42.4 Å². The molecule has 4 amide bonds. The highest BCUT2D eigenvalue weighted by molar-refractivity contribution is 6.05. The first-order valence-electron chi connectivity index (χ1n) is 12.3. The minimum Gasteiger partial charge on any atom is -0.381 e. The summed E-state index contributed by atoms with van der Waals surface area (Å²) in [6.45, 7) is 3.52. The van der Waals surface area contributed by atoms with Gasteiger partial charge < -0.3 is 15.0 Å². The molecule has 4 aliphatic heterocycles. The van der Waals surface area contributed by atoms with Crippen molar-refractivity contribution in [1.82, 2.24) is 35.4 Å². The topological polar surface area (TPSA) is 139 Å². The average molecular weight is 494 g/mol. The highest BCUT2D eigenvalue weighted by atomic mass is 16.5. The number of imide groups is 1. The molecule has 0 saturated carbocycles. The van der Waals surface area contributed by atoms with Crippen LogP contribution in [0, 0.1) is 0 Å². The normalized spacial score (nSPS) is 23.4. The highest BCUT2D eigenvalue weighted by Gasteiger charge is 2.39. The monoisotopic (exact) mass is 493 g/mol. The van der Waals surface area contributed by atoms with Gasteiger partial charge in [0, 0.05) is 50.9 Å². The zero-order valence-corrected chi connectivity index (χ0v) is 19.7. The van der Waals surface area contributed by atoms with E-state index in [1.165, 1.54) is 9.58 Å². The van der Waals surface area contributed by atoms with Crippen LogP contribution in [0.4, 0.5) is 0 Å². The molecule has 36 heavy (non-hydrogen) atoms. The lowest BCUT2D eigenvalue weighted by molar-refractivity contribution is -0.136. The van der Waals surface area contributed by atoms with E-state index in [4.69, 9.17) is 4.74 Å². The predicted molar refractivity (Wildman–Crippen MR) is 124 cm³/mol. The van der Waals surface area contributed by atoms with Crippen molar-refractivity contribution >= 4 is 23.6 Å². The fraction of sp³-hybridized carbons (Fsp3) is 0.500. The third-order valence-electron chi connectivity index (χ3n) is 7.45. The largest absolute Gasteiger partial charge is 0.381 e. The number of rotatable bonds is 5. The Hall–Kier alpha value is -3.64. The Bertz CT molecular complexity index is 1230. The maximum absolute atomic E-state index is 12.9. The summed E-state index contributed by atoms with van der Waals surface area (Å²) in [5.74, 6) is -1.26. The van der Waals surface area contributed by atoms with Crippen LogP contribution in [0.3, 0.4) is 0 Å². The zero-order chi connectivity index (χ0) is 24.8. The Kier molecular flexibility index (Phi) is 5.76. The van der Waals surface area contributed by atoms with Gasteiger partial charge in [0.25, 0.3) is 11.8 Å². The second-order valence-electron chi connectivity index (χ2n) is 9.76. The zero-order valence-electron chi connectivity index (χ0n) is 19.7. The van der Waals surface area contributed by atoms with E-state index in [1.807, 2.05) is 6.07 Å². The molecule has 1 aromatic heterocycles. The number of amides is 4. The number of carbonyl (C=O) groups is 4. The van der Waals surface area contributed by atoms with Crippen molar-refractivity contribution in [3.05, 3.63) is 41.2 Å². The first-order valence-corrected chi connectivity index (χ1v) is 12.3. The molecule has 2 N–H and O–H groups in total. The number of piperidine rings is 1. The molecule has 2 aromatic rings. The van der Waals surface area contributed by atoms with E-state index in [2.05, 4.69) is 25.8 Å². The molecule has 5 heterocycles. The Morgan fingerprint density at radius 1 is 1.11 bits per heavy atom. The molecular formula is C24H27N7O5. The standard InChI is InChI=1S/C24H27N7O5/c32-21-4-3-20(23(34)26-21)30-10-14-9-17(1-2-18(14)24(30)35)31-13-19(27-28-31)22(33)25-15-11-29(12-15)16-5-7-36-8-6-16/h1-2,9,13,15-16,20H,3-8,10-12H2,(H,25,33)(H,26,32,34). The summed E-state index contributed by atoms with van der Waals surface area (Å²) in [5.41, 5.74) is 2.15. The summed E-state index contributed by atoms with van der Waals surface area (Å²) in [7, 11) is 0. The van der Waals surface area contributed by atoms with Gasteiger partial charge in [-0.3, -0.25) is 29.4 Å². The van der Waals surface area contributed by atoms with Gasteiger partial charge in [0.05, 0.1) is 17.9 Å². The van der Waals surface area contributed by atoms with Gasteiger partial charge in [0.2, 0.25) is 11.8 Å². The predicted octanol–water partition coefficient (Wildman–Crippen LogP) is -0.379. The maximum atomic E-state index is 12.9. The lowest BCUT2D eigenvalue weighted by Gasteiger charge is -2.45. The van der Waals surface area contributed by atoms with Crippen LogP contribution in [-0.4, -0.2) is 92.9 Å². The molecule has 0 radical (unpaired) electrons. The second-order valence-corrected chi connectivity index (χ2v) is 9.76. The van der Waals surface area contributed by atoms with E-state index in [1.54, 1.807) is 18.3 Å². The van der Waals surface area contributed by atoms with Crippen LogP contribution in [0.25, 0.3) is 5.69 Å². The summed E-state index contributed by atoms with van der Waals surface area (Å²) >= 11 is 0. The van der Waals surface area contributed by atoms with Crippen molar-refractivity contribution in [2.75, 3.05) is 26.3 Å². The number of nitrogens with one attached hydrogen (secondary N) is 2. The van der Waals surface area contributed by atoms with E-state index >= 15 is 0 Å². The van der Waals surface area contributed by atoms with Crippen molar-refractivity contribution in [3.63, 3.8) is 0 Å². The number of hydrogen-bond donors (Lipinski definition) is 2. The van der Waals surface area contributed by atoms with Gasteiger partial charge in [-0.15, -0.1) is 5.10 Å². The van der Waals surface area contributed by atoms with Crippen molar-refractivity contribution in [2.45, 2.75) is 50.4 Å². The van der Waals surface area contributed by atoms with Crippen molar-refractivity contribution in [2.24, 2.45) is 0 Å². The quantitative estimate of drug-likeness (QED) is 0.538. The number of carbonyl (C=O) groups excluding carboxylic acids is 4. The highest BCUT2D eigenvalue weighted by Crippen LogP contribution is 2.29.